The van der Waals surface area contributed by atoms with Gasteiger partial charge in [0.2, 0.25) is 23.6 Å². The second-order valence-electron chi connectivity index (χ2n) is 14.3. The molecule has 12 heteroatoms. The van der Waals surface area contributed by atoms with E-state index in [0.717, 1.165) is 5.56 Å². The molecule has 51 heavy (non-hydrogen) atoms. The summed E-state index contributed by atoms with van der Waals surface area (Å²) < 4.78 is 0. The summed E-state index contributed by atoms with van der Waals surface area (Å²) >= 11 is 0. The van der Waals surface area contributed by atoms with Crippen LogP contribution in [0.3, 0.4) is 0 Å². The molecule has 0 saturated heterocycles. The maximum absolute atomic E-state index is 14.0. The highest BCUT2D eigenvalue weighted by Gasteiger charge is 2.30. The van der Waals surface area contributed by atoms with Gasteiger partial charge in [0.1, 0.15) is 18.1 Å². The lowest BCUT2D eigenvalue weighted by molar-refractivity contribution is -0.131. The standard InChI is InChI=1S/C39H61N7O5/c1-9-31(36(48)46-34(27(7)8)39(51)41-10-2)42-24-30(22-25(3)4)43-37(49)32(17-16-28-14-12-11-13-15-28)44-38(50)33(23-26(5)6)45-35(47)29-18-20-40-21-19-29/h11-15,18-21,25-27,30-34,42H,9-10,16-17,22-24H2,1-8H3,(H,41,51)(H,43,49)(H,44,50)(H,45,47)(H,46,48)/t30-,31-,32-,33-,34-/m0/s1. The van der Waals surface area contributed by atoms with E-state index in [2.05, 4.69) is 50.7 Å². The Morgan fingerprint density at radius 3 is 1.84 bits per heavy atom. The smallest absolute Gasteiger partial charge is 0.252 e. The number of nitrogens with one attached hydrogen (secondary N) is 6. The number of hydrogen-bond donors (Lipinski definition) is 6. The minimum Gasteiger partial charge on any atom is -0.355 e. The molecule has 0 spiro atoms. The van der Waals surface area contributed by atoms with Crippen LogP contribution >= 0.6 is 0 Å². The highest BCUT2D eigenvalue weighted by atomic mass is 16.2. The van der Waals surface area contributed by atoms with E-state index < -0.39 is 36.0 Å². The minimum absolute atomic E-state index is 0.0946. The van der Waals surface area contributed by atoms with Crippen molar-refractivity contribution in [3.63, 3.8) is 0 Å². The molecule has 0 saturated carbocycles. The Morgan fingerprint density at radius 2 is 1.27 bits per heavy atom. The van der Waals surface area contributed by atoms with Crippen molar-refractivity contribution in [2.75, 3.05) is 13.1 Å². The molecule has 1 heterocycles. The third kappa shape index (κ3) is 15.6. The Labute approximate surface area is 304 Å². The van der Waals surface area contributed by atoms with Crippen LogP contribution in [0.4, 0.5) is 0 Å². The first kappa shape index (κ1) is 42.8. The van der Waals surface area contributed by atoms with Gasteiger partial charge in [0.05, 0.1) is 6.04 Å². The van der Waals surface area contributed by atoms with Gasteiger partial charge in [-0.3, -0.25) is 29.0 Å². The zero-order chi connectivity index (χ0) is 37.9. The minimum atomic E-state index is -0.881. The van der Waals surface area contributed by atoms with Crippen molar-refractivity contribution in [3.8, 4) is 0 Å². The van der Waals surface area contributed by atoms with E-state index in [1.54, 1.807) is 12.1 Å². The van der Waals surface area contributed by atoms with Gasteiger partial charge in [0.25, 0.3) is 5.91 Å². The van der Waals surface area contributed by atoms with Crippen LogP contribution in [-0.4, -0.2) is 77.8 Å². The fourth-order valence-electron chi connectivity index (χ4n) is 5.79. The second kappa shape index (κ2) is 22.5. The largest absolute Gasteiger partial charge is 0.355 e. The van der Waals surface area contributed by atoms with E-state index in [9.17, 15) is 24.0 Å². The number of pyridine rings is 1. The van der Waals surface area contributed by atoms with Crippen LogP contribution < -0.4 is 31.9 Å². The molecule has 2 rings (SSSR count). The van der Waals surface area contributed by atoms with Gasteiger partial charge >= 0.3 is 0 Å². The number of hydrogen-bond acceptors (Lipinski definition) is 7. The van der Waals surface area contributed by atoms with Gasteiger partial charge in [-0.25, -0.2) is 0 Å². The molecule has 0 fully saturated rings. The molecule has 6 N–H and O–H groups in total. The van der Waals surface area contributed by atoms with Crippen molar-refractivity contribution < 1.29 is 24.0 Å². The third-order valence-corrected chi connectivity index (χ3v) is 8.50. The van der Waals surface area contributed by atoms with Crippen molar-refractivity contribution in [1.82, 2.24) is 36.9 Å². The first-order valence-corrected chi connectivity index (χ1v) is 18.4. The van der Waals surface area contributed by atoms with Crippen molar-refractivity contribution in [3.05, 3.63) is 66.0 Å². The van der Waals surface area contributed by atoms with Gasteiger partial charge in [0, 0.05) is 37.1 Å². The van der Waals surface area contributed by atoms with Crippen LogP contribution in [0.2, 0.25) is 0 Å². The summed E-state index contributed by atoms with van der Waals surface area (Å²) in [7, 11) is 0. The maximum atomic E-state index is 14.0. The number of benzene rings is 1. The third-order valence-electron chi connectivity index (χ3n) is 8.50. The molecule has 0 aliphatic rings. The zero-order valence-corrected chi connectivity index (χ0v) is 31.8. The predicted octanol–water partition coefficient (Wildman–Crippen LogP) is 3.52. The SMILES string of the molecule is CCNC(=O)[C@@H](NC(=O)[C@H](CC)NC[C@H](CC(C)C)NC(=O)[C@H](CCc1ccccc1)NC(=O)[C@H](CC(C)C)NC(=O)c1ccncc1)C(C)C. The summed E-state index contributed by atoms with van der Waals surface area (Å²) in [4.78, 5) is 70.7. The first-order chi connectivity index (χ1) is 24.2. The van der Waals surface area contributed by atoms with Crippen molar-refractivity contribution in [2.24, 2.45) is 17.8 Å². The van der Waals surface area contributed by atoms with Gasteiger partial charge < -0.3 is 31.9 Å². The molecule has 0 aliphatic heterocycles. The van der Waals surface area contributed by atoms with Crippen molar-refractivity contribution in [2.45, 2.75) is 118 Å². The summed E-state index contributed by atoms with van der Waals surface area (Å²) in [6, 6.07) is 9.57. The molecular weight excluding hydrogens is 646 g/mol. The highest BCUT2D eigenvalue weighted by Crippen LogP contribution is 2.12. The quantitative estimate of drug-likeness (QED) is 0.109. The number of aromatic nitrogens is 1. The summed E-state index contributed by atoms with van der Waals surface area (Å²) in [6.07, 6.45) is 5.41. The summed E-state index contributed by atoms with van der Waals surface area (Å²) in [5, 5.41) is 17.9. The summed E-state index contributed by atoms with van der Waals surface area (Å²) in [5.74, 6) is -1.46. The van der Waals surface area contributed by atoms with Gasteiger partial charge in [0.15, 0.2) is 0 Å². The molecule has 0 radical (unpaired) electrons. The second-order valence-corrected chi connectivity index (χ2v) is 14.3. The van der Waals surface area contributed by atoms with E-state index in [4.69, 9.17) is 0 Å². The van der Waals surface area contributed by atoms with Gasteiger partial charge in [-0.2, -0.15) is 0 Å². The number of aryl methyl sites for hydroxylation is 1. The number of carbonyl (C=O) groups is 5. The van der Waals surface area contributed by atoms with Crippen LogP contribution in [-0.2, 0) is 25.6 Å². The van der Waals surface area contributed by atoms with E-state index in [0.29, 0.717) is 50.8 Å². The molecule has 5 amide bonds. The lowest BCUT2D eigenvalue weighted by Gasteiger charge is -2.29. The molecule has 282 valence electrons. The van der Waals surface area contributed by atoms with E-state index in [-0.39, 0.29) is 41.5 Å². The summed E-state index contributed by atoms with van der Waals surface area (Å²) in [5.41, 5.74) is 1.41. The highest BCUT2D eigenvalue weighted by molar-refractivity contribution is 5.98. The van der Waals surface area contributed by atoms with Crippen LogP contribution in [0.5, 0.6) is 0 Å². The molecule has 2 aromatic rings. The van der Waals surface area contributed by atoms with Crippen molar-refractivity contribution in [1.29, 1.82) is 0 Å². The van der Waals surface area contributed by atoms with Crippen LogP contribution in [0, 0.1) is 17.8 Å². The molecule has 0 aliphatic carbocycles. The predicted molar refractivity (Wildman–Crippen MR) is 201 cm³/mol. The normalized spacial score (nSPS) is 14.3. The first-order valence-electron chi connectivity index (χ1n) is 18.4. The van der Waals surface area contributed by atoms with E-state index in [1.165, 1.54) is 12.4 Å². The molecule has 1 aromatic heterocycles. The van der Waals surface area contributed by atoms with Crippen LogP contribution in [0.25, 0.3) is 0 Å². The lowest BCUT2D eigenvalue weighted by atomic mass is 9.99. The zero-order valence-electron chi connectivity index (χ0n) is 31.8. The average molecular weight is 708 g/mol. The Hall–Kier alpha value is -4.32. The van der Waals surface area contributed by atoms with Gasteiger partial charge in [-0.1, -0.05) is 78.8 Å². The maximum Gasteiger partial charge on any atom is 0.252 e. The Morgan fingerprint density at radius 1 is 0.667 bits per heavy atom. The van der Waals surface area contributed by atoms with Crippen LogP contribution in [0.15, 0.2) is 54.9 Å². The Bertz CT molecular complexity index is 1370. The Kier molecular flexibility index (Phi) is 18.9. The molecule has 0 bridgehead atoms. The number of nitrogens with zero attached hydrogens (tertiary/aromatic N) is 1. The fraction of sp³-hybridized carbons (Fsp3) is 0.590. The summed E-state index contributed by atoms with van der Waals surface area (Å²) in [6.45, 7) is 16.3. The van der Waals surface area contributed by atoms with Gasteiger partial charge in [-0.15, -0.1) is 0 Å². The number of amides is 5. The molecular formula is C39H61N7O5. The van der Waals surface area contributed by atoms with Crippen LogP contribution in [0.1, 0.15) is 97.0 Å². The van der Waals surface area contributed by atoms with E-state index in [1.807, 2.05) is 71.9 Å². The van der Waals surface area contributed by atoms with Gasteiger partial charge in [-0.05, 0) is 74.5 Å². The van der Waals surface area contributed by atoms with E-state index >= 15 is 0 Å². The average Bonchev–Trinajstić information content (AvgIpc) is 3.08. The molecule has 5 atom stereocenters. The Balaban J connectivity index is 2.24. The lowest BCUT2D eigenvalue weighted by Crippen LogP contribution is -2.58. The topological polar surface area (TPSA) is 170 Å². The number of rotatable bonds is 22. The molecule has 1 aromatic carbocycles. The monoisotopic (exact) mass is 707 g/mol. The number of carbonyl (C=O) groups excluding carboxylic acids is 5. The fourth-order valence-corrected chi connectivity index (χ4v) is 5.79. The number of likely N-dealkylation sites (N-methyl/N-ethyl adjacent to an activating group) is 1. The van der Waals surface area contributed by atoms with Crippen molar-refractivity contribution >= 4 is 29.5 Å². The molecule has 0 unspecified atom stereocenters. The molecule has 12 nitrogen and oxygen atoms in total.